The number of hydrogen-bond donors (Lipinski definition) is 3. The monoisotopic (exact) mass is 349 g/mol. The number of carbonyl (C=O) groups is 2. The number of rotatable bonds is 6. The van der Waals surface area contributed by atoms with Crippen molar-refractivity contribution in [2.24, 2.45) is 5.73 Å². The summed E-state index contributed by atoms with van der Waals surface area (Å²) in [6.45, 7) is -0.813. The van der Waals surface area contributed by atoms with Gasteiger partial charge >= 0.3 is 0 Å². The molecule has 0 radical (unpaired) electrons. The molecule has 0 aliphatic heterocycles. The van der Waals surface area contributed by atoms with E-state index in [4.69, 9.17) is 5.73 Å². The van der Waals surface area contributed by atoms with E-state index in [9.17, 15) is 18.0 Å². The Morgan fingerprint density at radius 1 is 1.21 bits per heavy atom. The fourth-order valence-electron chi connectivity index (χ4n) is 1.15. The van der Waals surface area contributed by atoms with Crippen molar-refractivity contribution in [3.05, 3.63) is 28.7 Å². The Bertz CT molecular complexity index is 588. The Kier molecular flexibility index (Phi) is 5.45. The summed E-state index contributed by atoms with van der Waals surface area (Å²) in [5.41, 5.74) is 4.84. The zero-order valence-corrected chi connectivity index (χ0v) is 12.1. The zero-order valence-electron chi connectivity index (χ0n) is 9.72. The van der Waals surface area contributed by atoms with E-state index in [1.54, 1.807) is 18.2 Å². The molecule has 0 spiro atoms. The fourth-order valence-corrected chi connectivity index (χ4v) is 3.13. The van der Waals surface area contributed by atoms with Gasteiger partial charge in [-0.05, 0) is 28.1 Å². The molecule has 0 fully saturated rings. The molecule has 19 heavy (non-hydrogen) atoms. The SMILES string of the molecule is NC(=O)CNC(=O)CNS(=O)(=O)c1ccccc1Br. The largest absolute Gasteiger partial charge is 0.368 e. The highest BCUT2D eigenvalue weighted by Crippen LogP contribution is 2.20. The molecule has 1 aromatic carbocycles. The molecule has 0 saturated heterocycles. The molecule has 1 aromatic rings. The van der Waals surface area contributed by atoms with E-state index in [1.165, 1.54) is 6.07 Å². The summed E-state index contributed by atoms with van der Waals surface area (Å²) < 4.78 is 26.3. The van der Waals surface area contributed by atoms with Gasteiger partial charge in [-0.25, -0.2) is 13.1 Å². The standard InChI is InChI=1S/C10H12BrN3O4S/c11-7-3-1-2-4-8(7)19(17,18)14-6-10(16)13-5-9(12)15/h1-4,14H,5-6H2,(H2,12,15)(H,13,16). The Hall–Kier alpha value is -1.45. The van der Waals surface area contributed by atoms with Crippen LogP contribution in [0, 0.1) is 0 Å². The Labute approximate surface area is 118 Å². The summed E-state index contributed by atoms with van der Waals surface area (Å²) in [5, 5.41) is 2.17. The maximum Gasteiger partial charge on any atom is 0.242 e. The van der Waals surface area contributed by atoms with Crippen molar-refractivity contribution in [1.29, 1.82) is 0 Å². The van der Waals surface area contributed by atoms with Gasteiger partial charge in [-0.2, -0.15) is 0 Å². The van der Waals surface area contributed by atoms with Crippen molar-refractivity contribution in [1.82, 2.24) is 10.0 Å². The summed E-state index contributed by atoms with van der Waals surface area (Å²) in [6.07, 6.45) is 0. The molecular formula is C10H12BrN3O4S. The van der Waals surface area contributed by atoms with Crippen molar-refractivity contribution in [3.63, 3.8) is 0 Å². The Balaban J connectivity index is 2.64. The molecule has 0 aromatic heterocycles. The van der Waals surface area contributed by atoms with Crippen LogP contribution in [0.3, 0.4) is 0 Å². The van der Waals surface area contributed by atoms with E-state index in [0.29, 0.717) is 4.47 Å². The number of nitrogens with one attached hydrogen (secondary N) is 2. The van der Waals surface area contributed by atoms with Gasteiger partial charge in [0.2, 0.25) is 21.8 Å². The molecule has 104 valence electrons. The molecular weight excluding hydrogens is 338 g/mol. The minimum Gasteiger partial charge on any atom is -0.368 e. The predicted molar refractivity (Wildman–Crippen MR) is 71.5 cm³/mol. The normalized spacial score (nSPS) is 11.0. The van der Waals surface area contributed by atoms with Gasteiger partial charge in [0.05, 0.1) is 18.0 Å². The number of benzene rings is 1. The quantitative estimate of drug-likeness (QED) is 0.630. The number of primary amides is 1. The highest BCUT2D eigenvalue weighted by molar-refractivity contribution is 9.10. The Morgan fingerprint density at radius 3 is 2.42 bits per heavy atom. The number of hydrogen-bond acceptors (Lipinski definition) is 4. The van der Waals surface area contributed by atoms with Crippen molar-refractivity contribution < 1.29 is 18.0 Å². The predicted octanol–water partition coefficient (Wildman–Crippen LogP) is -0.671. The number of sulfonamides is 1. The lowest BCUT2D eigenvalue weighted by Gasteiger charge is -2.08. The maximum absolute atomic E-state index is 11.9. The number of halogens is 1. The molecule has 1 rings (SSSR count). The van der Waals surface area contributed by atoms with E-state index in [0.717, 1.165) is 0 Å². The third kappa shape index (κ3) is 4.97. The zero-order chi connectivity index (χ0) is 14.5. The average molecular weight is 350 g/mol. The first kappa shape index (κ1) is 15.6. The van der Waals surface area contributed by atoms with Gasteiger partial charge in [0, 0.05) is 4.47 Å². The molecule has 7 nitrogen and oxygen atoms in total. The van der Waals surface area contributed by atoms with Crippen LogP contribution >= 0.6 is 15.9 Å². The van der Waals surface area contributed by atoms with E-state index in [2.05, 4.69) is 26.0 Å². The van der Waals surface area contributed by atoms with Crippen LogP contribution in [-0.2, 0) is 19.6 Å². The van der Waals surface area contributed by atoms with Crippen molar-refractivity contribution in [2.75, 3.05) is 13.1 Å². The fraction of sp³-hybridized carbons (Fsp3) is 0.200. The smallest absolute Gasteiger partial charge is 0.242 e. The lowest BCUT2D eigenvalue weighted by molar-refractivity contribution is -0.124. The van der Waals surface area contributed by atoms with Gasteiger partial charge in [-0.15, -0.1) is 0 Å². The summed E-state index contributed by atoms with van der Waals surface area (Å²) in [4.78, 5) is 21.7. The van der Waals surface area contributed by atoms with Crippen LogP contribution in [0.25, 0.3) is 0 Å². The molecule has 0 aliphatic carbocycles. The van der Waals surface area contributed by atoms with E-state index in [-0.39, 0.29) is 11.4 Å². The summed E-state index contributed by atoms with van der Waals surface area (Å²) in [6, 6.07) is 6.20. The number of carbonyl (C=O) groups excluding carboxylic acids is 2. The molecule has 4 N–H and O–H groups in total. The van der Waals surface area contributed by atoms with Gasteiger partial charge in [0.1, 0.15) is 0 Å². The van der Waals surface area contributed by atoms with Crippen LogP contribution in [0.5, 0.6) is 0 Å². The average Bonchev–Trinajstić information content (AvgIpc) is 2.34. The van der Waals surface area contributed by atoms with Crippen molar-refractivity contribution >= 4 is 37.8 Å². The van der Waals surface area contributed by atoms with Crippen molar-refractivity contribution in [3.8, 4) is 0 Å². The maximum atomic E-state index is 11.9. The molecule has 2 amide bonds. The van der Waals surface area contributed by atoms with Crippen LogP contribution < -0.4 is 15.8 Å². The van der Waals surface area contributed by atoms with Gasteiger partial charge in [-0.1, -0.05) is 12.1 Å². The summed E-state index contributed by atoms with van der Waals surface area (Å²) in [7, 11) is -3.80. The van der Waals surface area contributed by atoms with Crippen LogP contribution in [0.1, 0.15) is 0 Å². The molecule has 0 saturated carbocycles. The van der Waals surface area contributed by atoms with E-state index < -0.39 is 28.4 Å². The first-order valence-corrected chi connectivity index (χ1v) is 7.40. The molecule has 0 bridgehead atoms. The minimum absolute atomic E-state index is 0.0256. The summed E-state index contributed by atoms with van der Waals surface area (Å²) in [5.74, 6) is -1.35. The van der Waals surface area contributed by atoms with Gasteiger partial charge in [-0.3, -0.25) is 9.59 Å². The van der Waals surface area contributed by atoms with E-state index >= 15 is 0 Å². The molecule has 0 atom stereocenters. The number of nitrogens with two attached hydrogens (primary N) is 1. The minimum atomic E-state index is -3.80. The summed E-state index contributed by atoms with van der Waals surface area (Å²) >= 11 is 3.11. The van der Waals surface area contributed by atoms with Crippen LogP contribution in [0.15, 0.2) is 33.6 Å². The van der Waals surface area contributed by atoms with Gasteiger partial charge < -0.3 is 11.1 Å². The van der Waals surface area contributed by atoms with Gasteiger partial charge in [0.25, 0.3) is 0 Å². The highest BCUT2D eigenvalue weighted by Gasteiger charge is 2.17. The molecule has 9 heteroatoms. The first-order valence-electron chi connectivity index (χ1n) is 5.12. The molecule has 0 heterocycles. The lowest BCUT2D eigenvalue weighted by Crippen LogP contribution is -2.40. The van der Waals surface area contributed by atoms with E-state index in [1.807, 2.05) is 0 Å². The third-order valence-corrected chi connectivity index (χ3v) is 4.42. The second-order valence-corrected chi connectivity index (χ2v) is 6.09. The van der Waals surface area contributed by atoms with Crippen LogP contribution in [0.4, 0.5) is 0 Å². The number of amides is 2. The molecule has 0 aliphatic rings. The topological polar surface area (TPSA) is 118 Å². The lowest BCUT2D eigenvalue weighted by atomic mass is 10.4. The molecule has 0 unspecified atom stereocenters. The second kappa shape index (κ2) is 6.64. The van der Waals surface area contributed by atoms with Gasteiger partial charge in [0.15, 0.2) is 0 Å². The Morgan fingerprint density at radius 2 is 1.84 bits per heavy atom. The second-order valence-electron chi connectivity index (χ2n) is 3.50. The third-order valence-electron chi connectivity index (χ3n) is 2.01. The highest BCUT2D eigenvalue weighted by atomic mass is 79.9. The van der Waals surface area contributed by atoms with Crippen LogP contribution in [-0.4, -0.2) is 33.3 Å². The first-order chi connectivity index (χ1) is 8.83. The van der Waals surface area contributed by atoms with Crippen molar-refractivity contribution in [2.45, 2.75) is 4.90 Å². The van der Waals surface area contributed by atoms with Crippen LogP contribution in [0.2, 0.25) is 0 Å².